The van der Waals surface area contributed by atoms with Crippen LogP contribution in [0.25, 0.3) is 0 Å². The van der Waals surface area contributed by atoms with Gasteiger partial charge >= 0.3 is 0 Å². The number of aryl methyl sites for hydroxylation is 1. The van der Waals surface area contributed by atoms with Crippen molar-refractivity contribution in [1.82, 2.24) is 10.2 Å². The Morgan fingerprint density at radius 1 is 0.816 bits per heavy atom. The van der Waals surface area contributed by atoms with Gasteiger partial charge < -0.3 is 24.4 Å². The smallest absolute Gasteiger partial charge is 0.243 e. The Labute approximate surface area is 225 Å². The predicted molar refractivity (Wildman–Crippen MR) is 149 cm³/mol. The molecule has 0 heterocycles. The van der Waals surface area contributed by atoms with Crippen LogP contribution in [-0.4, -0.2) is 50.6 Å². The summed E-state index contributed by atoms with van der Waals surface area (Å²) < 4.78 is 16.1. The molecule has 1 atom stereocenters. The Hall–Kier alpha value is -4.00. The first kappa shape index (κ1) is 28.6. The molecular weight excluding hydrogens is 480 g/mol. The number of ether oxygens (including phenoxy) is 3. The highest BCUT2D eigenvalue weighted by Crippen LogP contribution is 2.28. The molecule has 0 aliphatic heterocycles. The summed E-state index contributed by atoms with van der Waals surface area (Å²) in [6.45, 7) is 2.85. The van der Waals surface area contributed by atoms with Crippen LogP contribution in [0.2, 0.25) is 0 Å². The second-order valence-electron chi connectivity index (χ2n) is 9.06. The maximum Gasteiger partial charge on any atom is 0.243 e. The van der Waals surface area contributed by atoms with E-state index >= 15 is 0 Å². The van der Waals surface area contributed by atoms with Crippen LogP contribution >= 0.6 is 0 Å². The lowest BCUT2D eigenvalue weighted by Crippen LogP contribution is -2.50. The summed E-state index contributed by atoms with van der Waals surface area (Å²) in [7, 11) is 4.79. The molecule has 1 N–H and O–H groups in total. The van der Waals surface area contributed by atoms with E-state index in [1.807, 2.05) is 79.7 Å². The zero-order chi connectivity index (χ0) is 27.3. The molecule has 3 rings (SSSR count). The summed E-state index contributed by atoms with van der Waals surface area (Å²) in [5.41, 5.74) is 2.84. The molecule has 0 saturated carbocycles. The summed E-state index contributed by atoms with van der Waals surface area (Å²) in [6, 6.07) is 22.4. The Kier molecular flexibility index (Phi) is 11.0. The molecule has 0 aliphatic rings. The summed E-state index contributed by atoms with van der Waals surface area (Å²) in [4.78, 5) is 29.0. The summed E-state index contributed by atoms with van der Waals surface area (Å²) in [6.07, 6.45) is 1.98. The second-order valence-corrected chi connectivity index (χ2v) is 9.06. The van der Waals surface area contributed by atoms with E-state index in [4.69, 9.17) is 14.2 Å². The number of nitrogens with one attached hydrogen (secondary N) is 1. The zero-order valence-corrected chi connectivity index (χ0v) is 22.7. The van der Waals surface area contributed by atoms with Crippen LogP contribution in [0.5, 0.6) is 17.2 Å². The fourth-order valence-corrected chi connectivity index (χ4v) is 4.32. The van der Waals surface area contributed by atoms with Crippen LogP contribution in [-0.2, 0) is 29.0 Å². The molecule has 0 saturated heterocycles. The minimum atomic E-state index is -0.659. The maximum absolute atomic E-state index is 13.8. The molecular formula is C31H38N2O5. The molecule has 3 aromatic carbocycles. The van der Waals surface area contributed by atoms with E-state index in [0.29, 0.717) is 43.2 Å². The molecule has 202 valence electrons. The molecule has 0 aliphatic carbocycles. The Balaban J connectivity index is 1.90. The van der Waals surface area contributed by atoms with Gasteiger partial charge in [0.25, 0.3) is 0 Å². The van der Waals surface area contributed by atoms with Gasteiger partial charge in [0.2, 0.25) is 11.8 Å². The fraction of sp³-hybridized carbons (Fsp3) is 0.355. The number of benzene rings is 3. The Bertz CT molecular complexity index is 1180. The zero-order valence-electron chi connectivity index (χ0n) is 22.7. The Morgan fingerprint density at radius 3 is 2.24 bits per heavy atom. The largest absolute Gasteiger partial charge is 0.497 e. The van der Waals surface area contributed by atoms with Crippen molar-refractivity contribution in [3.8, 4) is 17.2 Å². The molecule has 0 spiro atoms. The summed E-state index contributed by atoms with van der Waals surface area (Å²) in [5.74, 6) is 1.70. The molecule has 7 nitrogen and oxygen atoms in total. The molecule has 0 unspecified atom stereocenters. The number of hydrogen-bond donors (Lipinski definition) is 1. The molecule has 38 heavy (non-hydrogen) atoms. The van der Waals surface area contributed by atoms with Gasteiger partial charge in [0, 0.05) is 25.9 Å². The van der Waals surface area contributed by atoms with Crippen molar-refractivity contribution < 1.29 is 23.8 Å². The number of rotatable bonds is 14. The van der Waals surface area contributed by atoms with Crippen molar-refractivity contribution in [2.75, 3.05) is 27.9 Å². The lowest BCUT2D eigenvalue weighted by Gasteiger charge is -2.32. The van der Waals surface area contributed by atoms with E-state index < -0.39 is 6.04 Å². The molecule has 3 aromatic rings. The van der Waals surface area contributed by atoms with Gasteiger partial charge in [0.1, 0.15) is 11.8 Å². The van der Waals surface area contributed by atoms with Gasteiger partial charge in [-0.25, -0.2) is 0 Å². The van der Waals surface area contributed by atoms with E-state index in [9.17, 15) is 9.59 Å². The van der Waals surface area contributed by atoms with E-state index in [1.165, 1.54) is 0 Å². The molecule has 2 amide bonds. The predicted octanol–water partition coefficient (Wildman–Crippen LogP) is 4.81. The van der Waals surface area contributed by atoms with Gasteiger partial charge in [-0.3, -0.25) is 9.59 Å². The molecule has 0 aromatic heterocycles. The average molecular weight is 519 g/mol. The van der Waals surface area contributed by atoms with Crippen molar-refractivity contribution in [3.63, 3.8) is 0 Å². The van der Waals surface area contributed by atoms with Crippen molar-refractivity contribution in [1.29, 1.82) is 0 Å². The third-order valence-electron chi connectivity index (χ3n) is 6.38. The normalized spacial score (nSPS) is 11.4. The van der Waals surface area contributed by atoms with Crippen molar-refractivity contribution in [2.45, 2.75) is 45.2 Å². The van der Waals surface area contributed by atoms with Crippen molar-refractivity contribution >= 4 is 11.8 Å². The lowest BCUT2D eigenvalue weighted by molar-refractivity contribution is -0.141. The second kappa shape index (κ2) is 14.7. The first-order chi connectivity index (χ1) is 18.5. The van der Waals surface area contributed by atoms with Gasteiger partial charge in [0.15, 0.2) is 11.5 Å². The highest BCUT2D eigenvalue weighted by molar-refractivity contribution is 5.88. The standard InChI is InChI=1S/C31H38N2O5/c1-5-18-32-31(35)27(20-23-10-7-6-8-11-23)33(22-25-12-9-13-26(19-25)36-2)30(34)17-15-24-14-16-28(37-3)29(21-24)38-4/h6-14,16,19,21,27H,5,15,17-18,20,22H2,1-4H3,(H,32,35)/t27-/m1/s1. The Morgan fingerprint density at radius 2 is 1.55 bits per heavy atom. The number of carbonyl (C=O) groups excluding carboxylic acids is 2. The number of carbonyl (C=O) groups is 2. The molecule has 0 bridgehead atoms. The third kappa shape index (κ3) is 8.00. The van der Waals surface area contributed by atoms with Crippen molar-refractivity contribution in [2.24, 2.45) is 0 Å². The highest BCUT2D eigenvalue weighted by atomic mass is 16.5. The lowest BCUT2D eigenvalue weighted by atomic mass is 10.0. The van der Waals surface area contributed by atoms with E-state index in [1.54, 1.807) is 26.2 Å². The number of nitrogens with zero attached hydrogens (tertiary/aromatic N) is 1. The molecule has 0 fully saturated rings. The van der Waals surface area contributed by atoms with Crippen molar-refractivity contribution in [3.05, 3.63) is 89.5 Å². The van der Waals surface area contributed by atoms with Gasteiger partial charge in [-0.05, 0) is 53.8 Å². The first-order valence-corrected chi connectivity index (χ1v) is 12.9. The summed E-state index contributed by atoms with van der Waals surface area (Å²) in [5, 5.41) is 3.01. The van der Waals surface area contributed by atoms with Crippen LogP contribution in [0.1, 0.15) is 36.5 Å². The van der Waals surface area contributed by atoms with Gasteiger partial charge in [0.05, 0.1) is 21.3 Å². The monoisotopic (exact) mass is 518 g/mol. The average Bonchev–Trinajstić information content (AvgIpc) is 2.96. The highest BCUT2D eigenvalue weighted by Gasteiger charge is 2.30. The van der Waals surface area contributed by atoms with Gasteiger partial charge in [-0.1, -0.05) is 55.5 Å². The van der Waals surface area contributed by atoms with Crippen LogP contribution in [0, 0.1) is 0 Å². The van der Waals surface area contributed by atoms with Crippen LogP contribution in [0.15, 0.2) is 72.8 Å². The third-order valence-corrected chi connectivity index (χ3v) is 6.38. The van der Waals surface area contributed by atoms with E-state index in [2.05, 4.69) is 5.32 Å². The maximum atomic E-state index is 13.8. The first-order valence-electron chi connectivity index (χ1n) is 12.9. The quantitative estimate of drug-likeness (QED) is 0.331. The topological polar surface area (TPSA) is 77.1 Å². The van der Waals surface area contributed by atoms with Gasteiger partial charge in [-0.2, -0.15) is 0 Å². The number of methoxy groups -OCH3 is 3. The van der Waals surface area contributed by atoms with Crippen LogP contribution in [0.4, 0.5) is 0 Å². The fourth-order valence-electron chi connectivity index (χ4n) is 4.32. The summed E-state index contributed by atoms with van der Waals surface area (Å²) >= 11 is 0. The SMILES string of the molecule is CCCNC(=O)[C@@H](Cc1ccccc1)N(Cc1cccc(OC)c1)C(=O)CCc1ccc(OC)c(OC)c1. The van der Waals surface area contributed by atoms with Crippen LogP contribution in [0.3, 0.4) is 0 Å². The minimum Gasteiger partial charge on any atom is -0.497 e. The van der Waals surface area contributed by atoms with E-state index in [0.717, 1.165) is 23.1 Å². The number of hydrogen-bond acceptors (Lipinski definition) is 5. The van der Waals surface area contributed by atoms with E-state index in [-0.39, 0.29) is 18.2 Å². The molecule has 0 radical (unpaired) electrons. The molecule has 7 heteroatoms. The van der Waals surface area contributed by atoms with Crippen LogP contribution < -0.4 is 19.5 Å². The minimum absolute atomic E-state index is 0.102. The number of amides is 2. The van der Waals surface area contributed by atoms with Gasteiger partial charge in [-0.15, -0.1) is 0 Å².